The molecule has 1 aliphatic rings. The van der Waals surface area contributed by atoms with E-state index in [4.69, 9.17) is 15.6 Å². The number of hydrogen-bond donors (Lipinski definition) is 4. The highest BCUT2D eigenvalue weighted by Crippen LogP contribution is 2.38. The minimum absolute atomic E-state index is 0.0541. The van der Waals surface area contributed by atoms with Crippen LogP contribution in [0, 0.1) is 11.8 Å². The summed E-state index contributed by atoms with van der Waals surface area (Å²) in [6.07, 6.45) is 3.54. The lowest BCUT2D eigenvalue weighted by molar-refractivity contribution is -0.136. The Morgan fingerprint density at radius 3 is 2.92 bits per heavy atom. The number of fused-ring (bicyclic) bond motifs is 1. The number of methoxy groups -OCH3 is 1. The molecule has 7 heteroatoms. The van der Waals surface area contributed by atoms with Crippen LogP contribution in [-0.4, -0.2) is 29.1 Å². The molecule has 26 heavy (non-hydrogen) atoms. The van der Waals surface area contributed by atoms with E-state index in [1.54, 1.807) is 37.6 Å². The van der Waals surface area contributed by atoms with E-state index in [1.165, 1.54) is 0 Å². The van der Waals surface area contributed by atoms with Gasteiger partial charge in [0.25, 0.3) is 5.91 Å². The summed E-state index contributed by atoms with van der Waals surface area (Å²) in [6.45, 7) is 0. The van der Waals surface area contributed by atoms with Crippen molar-refractivity contribution < 1.29 is 19.4 Å². The molecule has 3 rings (SSSR count). The molecule has 1 amide bonds. The van der Waals surface area contributed by atoms with E-state index in [-0.39, 0.29) is 18.7 Å². The van der Waals surface area contributed by atoms with E-state index < -0.39 is 5.97 Å². The van der Waals surface area contributed by atoms with Gasteiger partial charge in [-0.25, -0.2) is 0 Å². The topological polar surface area (TPSA) is 117 Å². The van der Waals surface area contributed by atoms with Crippen molar-refractivity contribution in [1.82, 2.24) is 4.98 Å². The third-order valence-corrected chi connectivity index (χ3v) is 3.92. The highest BCUT2D eigenvalue weighted by Gasteiger charge is 2.28. The molecule has 2 aromatic rings. The maximum absolute atomic E-state index is 12.4. The molecule has 7 nitrogen and oxygen atoms in total. The Bertz CT molecular complexity index is 976. The van der Waals surface area contributed by atoms with Crippen molar-refractivity contribution in [1.29, 1.82) is 0 Å². The highest BCUT2D eigenvalue weighted by atomic mass is 16.5. The number of nitrogen functional groups attached to an aromatic ring is 1. The van der Waals surface area contributed by atoms with Crippen LogP contribution < -0.4 is 15.8 Å². The monoisotopic (exact) mass is 351 g/mol. The van der Waals surface area contributed by atoms with Gasteiger partial charge in [-0.3, -0.25) is 9.59 Å². The molecule has 0 radical (unpaired) electrons. The van der Waals surface area contributed by atoms with Crippen LogP contribution >= 0.6 is 0 Å². The summed E-state index contributed by atoms with van der Waals surface area (Å²) in [5.74, 6) is 5.15. The Balaban J connectivity index is 2.07. The number of ether oxygens (including phenoxy) is 1. The largest absolute Gasteiger partial charge is 0.495 e. The molecule has 0 fully saturated rings. The molecule has 1 aromatic heterocycles. The van der Waals surface area contributed by atoms with Crippen molar-refractivity contribution in [3.05, 3.63) is 41.2 Å². The number of hydrogen-bond acceptors (Lipinski definition) is 4. The number of aromatic amines is 1. The molecule has 1 aliphatic heterocycles. The second kappa shape index (κ2) is 7.07. The van der Waals surface area contributed by atoms with Crippen molar-refractivity contribution in [3.8, 4) is 17.6 Å². The number of aromatic nitrogens is 1. The molecule has 5 N–H and O–H groups in total. The molecule has 0 saturated heterocycles. The van der Waals surface area contributed by atoms with Gasteiger partial charge in [0.15, 0.2) is 0 Å². The number of carbonyl (C=O) groups is 2. The number of aliphatic carboxylic acids is 1. The minimum Gasteiger partial charge on any atom is -0.495 e. The molecule has 0 saturated carbocycles. The number of amides is 1. The predicted molar refractivity (Wildman–Crippen MR) is 98.4 cm³/mol. The lowest BCUT2D eigenvalue weighted by Gasteiger charge is -2.06. The molecule has 1 aromatic carbocycles. The zero-order valence-electron chi connectivity index (χ0n) is 14.1. The zero-order chi connectivity index (χ0) is 18.7. The quantitative estimate of drug-likeness (QED) is 0.383. The summed E-state index contributed by atoms with van der Waals surface area (Å²) < 4.78 is 5.26. The van der Waals surface area contributed by atoms with Crippen molar-refractivity contribution in [3.63, 3.8) is 0 Å². The van der Waals surface area contributed by atoms with E-state index in [0.29, 0.717) is 39.5 Å². The van der Waals surface area contributed by atoms with Gasteiger partial charge in [0.1, 0.15) is 5.75 Å². The maximum Gasteiger partial charge on any atom is 0.304 e. The summed E-state index contributed by atoms with van der Waals surface area (Å²) in [4.78, 5) is 26.1. The average molecular weight is 351 g/mol. The van der Waals surface area contributed by atoms with E-state index in [9.17, 15) is 9.59 Å². The molecule has 0 unspecified atom stereocenters. The van der Waals surface area contributed by atoms with Crippen LogP contribution in [0.25, 0.3) is 11.6 Å². The molecule has 0 spiro atoms. The number of benzene rings is 1. The van der Waals surface area contributed by atoms with Crippen LogP contribution in [-0.2, 0) is 9.59 Å². The van der Waals surface area contributed by atoms with Crippen LogP contribution in [0.3, 0.4) is 0 Å². The Morgan fingerprint density at radius 1 is 1.38 bits per heavy atom. The third kappa shape index (κ3) is 3.26. The van der Waals surface area contributed by atoms with Crippen LogP contribution in [0.4, 0.5) is 11.4 Å². The number of rotatable bonds is 4. The molecule has 132 valence electrons. The second-order valence-corrected chi connectivity index (χ2v) is 5.62. The molecular weight excluding hydrogens is 334 g/mol. The summed E-state index contributed by atoms with van der Waals surface area (Å²) in [6, 6.07) is 5.14. The average Bonchev–Trinajstić information content (AvgIpc) is 3.18. The summed E-state index contributed by atoms with van der Waals surface area (Å²) >= 11 is 0. The summed E-state index contributed by atoms with van der Waals surface area (Å²) in [7, 11) is 1.55. The van der Waals surface area contributed by atoms with Crippen molar-refractivity contribution in [2.24, 2.45) is 0 Å². The lowest BCUT2D eigenvalue weighted by atomic mass is 9.98. The normalized spacial score (nSPS) is 13.7. The van der Waals surface area contributed by atoms with E-state index >= 15 is 0 Å². The van der Waals surface area contributed by atoms with Gasteiger partial charge in [0, 0.05) is 23.9 Å². The first-order chi connectivity index (χ1) is 12.5. The van der Waals surface area contributed by atoms with E-state index in [1.807, 2.05) is 0 Å². The first-order valence-electron chi connectivity index (χ1n) is 7.89. The highest BCUT2D eigenvalue weighted by molar-refractivity contribution is 6.35. The number of nitrogens with two attached hydrogens (primary N) is 1. The fourth-order valence-corrected chi connectivity index (χ4v) is 2.70. The van der Waals surface area contributed by atoms with Gasteiger partial charge in [-0.05, 0) is 24.3 Å². The minimum atomic E-state index is -0.915. The molecule has 2 heterocycles. The van der Waals surface area contributed by atoms with Gasteiger partial charge in [0.2, 0.25) is 0 Å². The van der Waals surface area contributed by atoms with Crippen LogP contribution in [0.1, 0.15) is 29.7 Å². The van der Waals surface area contributed by atoms with Crippen molar-refractivity contribution in [2.75, 3.05) is 18.2 Å². The Kier molecular flexibility index (Phi) is 4.67. The number of carboxylic acids is 1. The molecule has 0 atom stereocenters. The Labute approximate surface area is 149 Å². The van der Waals surface area contributed by atoms with E-state index in [0.717, 1.165) is 0 Å². The maximum atomic E-state index is 12.4. The smallest absolute Gasteiger partial charge is 0.304 e. The van der Waals surface area contributed by atoms with Gasteiger partial charge < -0.3 is 25.9 Å². The number of anilines is 2. The van der Waals surface area contributed by atoms with Gasteiger partial charge in [-0.1, -0.05) is 11.8 Å². The van der Waals surface area contributed by atoms with E-state index in [2.05, 4.69) is 22.1 Å². The van der Waals surface area contributed by atoms with Crippen LogP contribution in [0.15, 0.2) is 24.4 Å². The molecule has 0 aliphatic carbocycles. The fraction of sp³-hybridized carbons (Fsp3) is 0.158. The van der Waals surface area contributed by atoms with Gasteiger partial charge in [-0.15, -0.1) is 0 Å². The SMILES string of the molecule is COc1cc[nH]c1C=C1C(=O)Nc2ccc(N)c(C#CCCC(=O)O)c21. The number of carboxylic acid groups (broad SMARTS) is 1. The standard InChI is InChI=1S/C19H17N3O4/c1-26-16-8-9-21-15(16)10-12-18-11(4-2-3-5-17(23)24)13(20)6-7-14(18)22-19(12)25/h6-10,21H,3,5,20H2,1H3,(H,22,25)(H,23,24). The second-order valence-electron chi connectivity index (χ2n) is 5.62. The first-order valence-corrected chi connectivity index (χ1v) is 7.89. The summed E-state index contributed by atoms with van der Waals surface area (Å²) in [5, 5.41) is 11.5. The first kappa shape index (κ1) is 17.2. The number of carbonyl (C=O) groups excluding carboxylic acids is 1. The van der Waals surface area contributed by atoms with Gasteiger partial charge in [0.05, 0.1) is 36.0 Å². The van der Waals surface area contributed by atoms with Crippen LogP contribution in [0.5, 0.6) is 5.75 Å². The molecule has 0 bridgehead atoms. The third-order valence-electron chi connectivity index (χ3n) is 3.92. The Hall–Kier alpha value is -3.66. The van der Waals surface area contributed by atoms with Crippen LogP contribution in [0.2, 0.25) is 0 Å². The number of nitrogens with one attached hydrogen (secondary N) is 2. The Morgan fingerprint density at radius 2 is 2.19 bits per heavy atom. The van der Waals surface area contributed by atoms with Gasteiger partial charge in [-0.2, -0.15) is 0 Å². The zero-order valence-corrected chi connectivity index (χ0v) is 14.1. The summed E-state index contributed by atoms with van der Waals surface area (Å²) in [5.41, 5.74) is 9.27. The van der Waals surface area contributed by atoms with Gasteiger partial charge >= 0.3 is 5.97 Å². The predicted octanol–water partition coefficient (Wildman–Crippen LogP) is 2.31. The lowest BCUT2D eigenvalue weighted by Crippen LogP contribution is -2.03. The molecular formula is C19H17N3O4. The van der Waals surface area contributed by atoms with Crippen molar-refractivity contribution >= 4 is 34.9 Å². The number of H-pyrrole nitrogens is 1. The fourth-order valence-electron chi connectivity index (χ4n) is 2.70. The van der Waals surface area contributed by atoms with Crippen molar-refractivity contribution in [2.45, 2.75) is 12.8 Å².